The predicted molar refractivity (Wildman–Crippen MR) is 112 cm³/mol. The number of aromatic nitrogens is 1. The van der Waals surface area contributed by atoms with Gasteiger partial charge in [-0.3, -0.25) is 0 Å². The highest BCUT2D eigenvalue weighted by molar-refractivity contribution is 7.22. The van der Waals surface area contributed by atoms with Gasteiger partial charge in [-0.25, -0.2) is 18.6 Å². The second kappa shape index (κ2) is 8.08. The summed E-state index contributed by atoms with van der Waals surface area (Å²) in [6.07, 6.45) is 0. The first-order valence-electron chi connectivity index (χ1n) is 8.93. The molecule has 3 aromatic carbocycles. The number of hydrogen-bond acceptors (Lipinski definition) is 6. The van der Waals surface area contributed by atoms with Gasteiger partial charge in [-0.1, -0.05) is 29.5 Å². The summed E-state index contributed by atoms with van der Waals surface area (Å²) >= 11 is 1.16. The Morgan fingerprint density at radius 3 is 2.63 bits per heavy atom. The van der Waals surface area contributed by atoms with Crippen molar-refractivity contribution in [3.8, 4) is 16.9 Å². The van der Waals surface area contributed by atoms with Gasteiger partial charge >= 0.3 is 5.97 Å². The van der Waals surface area contributed by atoms with Gasteiger partial charge in [-0.15, -0.1) is 0 Å². The van der Waals surface area contributed by atoms with E-state index in [9.17, 15) is 13.6 Å². The van der Waals surface area contributed by atoms with Gasteiger partial charge in [0, 0.05) is 0 Å². The Morgan fingerprint density at radius 2 is 1.87 bits per heavy atom. The molecule has 0 spiro atoms. The average Bonchev–Trinajstić information content (AvgIpc) is 3.13. The van der Waals surface area contributed by atoms with E-state index < -0.39 is 5.97 Å². The van der Waals surface area contributed by atoms with E-state index in [1.54, 1.807) is 37.3 Å². The zero-order valence-electron chi connectivity index (χ0n) is 16.0. The van der Waals surface area contributed by atoms with E-state index in [4.69, 9.17) is 9.57 Å². The van der Waals surface area contributed by atoms with Gasteiger partial charge in [0.2, 0.25) is 5.13 Å². The van der Waals surface area contributed by atoms with Crippen LogP contribution in [0.25, 0.3) is 21.3 Å². The summed E-state index contributed by atoms with van der Waals surface area (Å²) in [5.41, 5.74) is 5.39. The first kappa shape index (κ1) is 19.8. The Balaban J connectivity index is 1.57. The maximum Gasteiger partial charge on any atom is 0.366 e. The highest BCUT2D eigenvalue weighted by Gasteiger charge is 2.20. The highest BCUT2D eigenvalue weighted by atomic mass is 32.1. The van der Waals surface area contributed by atoms with Crippen molar-refractivity contribution in [3.05, 3.63) is 77.4 Å². The molecule has 4 aromatic rings. The molecule has 0 atom stereocenters. The normalized spacial score (nSPS) is 10.8. The summed E-state index contributed by atoms with van der Waals surface area (Å²) in [5.74, 6) is -1.07. The van der Waals surface area contributed by atoms with Crippen LogP contribution in [0.15, 0.2) is 54.6 Å². The summed E-state index contributed by atoms with van der Waals surface area (Å²) in [6.45, 7) is 1.78. The number of thiazole rings is 1. The number of rotatable bonds is 5. The molecular weight excluding hydrogens is 410 g/mol. The lowest BCUT2D eigenvalue weighted by Gasteiger charge is -2.14. The van der Waals surface area contributed by atoms with Gasteiger partial charge in [0.05, 0.1) is 17.3 Å². The second-order valence-corrected chi connectivity index (χ2v) is 7.48. The molecule has 0 aliphatic carbocycles. The molecule has 0 saturated carbocycles. The van der Waals surface area contributed by atoms with E-state index in [2.05, 4.69) is 10.5 Å². The number of carbonyl (C=O) groups is 1. The predicted octanol–water partition coefficient (Wildman–Crippen LogP) is 5.74. The molecule has 30 heavy (non-hydrogen) atoms. The van der Waals surface area contributed by atoms with E-state index in [-0.39, 0.29) is 17.2 Å². The number of nitrogens with one attached hydrogen (secondary N) is 1. The monoisotopic (exact) mass is 426 g/mol. The quantitative estimate of drug-likeness (QED) is 0.412. The van der Waals surface area contributed by atoms with Crippen LogP contribution in [0.3, 0.4) is 0 Å². The molecule has 0 unspecified atom stereocenters. The standard InChI is InChI=1S/C22H16F2N2O3S/c1-12-16(13-4-3-5-14(23)10-13)7-8-17(20(12)28-2)21(27)29-26-22-25-18-9-6-15(24)11-19(18)30-22/h3-11H,1-2H3,(H,25,26). The van der Waals surface area contributed by atoms with Gasteiger partial charge in [0.15, 0.2) is 0 Å². The molecule has 0 aliphatic heterocycles. The van der Waals surface area contributed by atoms with Crippen LogP contribution in [-0.2, 0) is 4.84 Å². The van der Waals surface area contributed by atoms with Crippen LogP contribution in [0.5, 0.6) is 5.75 Å². The number of halogens is 2. The lowest BCUT2D eigenvalue weighted by Crippen LogP contribution is -2.12. The number of methoxy groups -OCH3 is 1. The van der Waals surface area contributed by atoms with E-state index in [1.165, 1.54) is 31.4 Å². The molecule has 0 radical (unpaired) electrons. The Morgan fingerprint density at radius 1 is 1.07 bits per heavy atom. The van der Waals surface area contributed by atoms with E-state index >= 15 is 0 Å². The molecule has 1 N–H and O–H groups in total. The van der Waals surface area contributed by atoms with Crippen molar-refractivity contribution in [1.29, 1.82) is 0 Å². The van der Waals surface area contributed by atoms with Crippen molar-refractivity contribution in [2.24, 2.45) is 0 Å². The largest absolute Gasteiger partial charge is 0.496 e. The second-order valence-electron chi connectivity index (χ2n) is 6.45. The van der Waals surface area contributed by atoms with Crippen molar-refractivity contribution in [2.45, 2.75) is 6.92 Å². The fourth-order valence-corrected chi connectivity index (χ4v) is 4.00. The van der Waals surface area contributed by atoms with Gasteiger partial charge in [0.1, 0.15) is 22.9 Å². The van der Waals surface area contributed by atoms with Crippen molar-refractivity contribution >= 4 is 32.7 Å². The van der Waals surface area contributed by atoms with E-state index in [0.29, 0.717) is 32.2 Å². The minimum absolute atomic E-state index is 0.204. The third-order valence-corrected chi connectivity index (χ3v) is 5.46. The third-order valence-electron chi connectivity index (χ3n) is 4.55. The zero-order chi connectivity index (χ0) is 21.3. The number of nitrogens with zero attached hydrogens (tertiary/aromatic N) is 1. The number of fused-ring (bicyclic) bond motifs is 1. The fourth-order valence-electron chi connectivity index (χ4n) is 3.17. The number of carbonyl (C=O) groups excluding carboxylic acids is 1. The molecule has 0 bridgehead atoms. The Bertz CT molecular complexity index is 1260. The maximum absolute atomic E-state index is 13.6. The van der Waals surface area contributed by atoms with Crippen LogP contribution in [-0.4, -0.2) is 18.1 Å². The van der Waals surface area contributed by atoms with Crippen LogP contribution in [0, 0.1) is 18.6 Å². The van der Waals surface area contributed by atoms with E-state index in [1.807, 2.05) is 0 Å². The molecular formula is C22H16F2N2O3S. The van der Waals surface area contributed by atoms with E-state index in [0.717, 1.165) is 16.9 Å². The van der Waals surface area contributed by atoms with Crippen molar-refractivity contribution < 1.29 is 23.1 Å². The van der Waals surface area contributed by atoms with Crippen LogP contribution in [0.1, 0.15) is 15.9 Å². The summed E-state index contributed by atoms with van der Waals surface area (Å²) in [7, 11) is 1.45. The molecule has 0 fully saturated rings. The Hall–Kier alpha value is -3.52. The van der Waals surface area contributed by atoms with Crippen LogP contribution >= 0.6 is 11.3 Å². The van der Waals surface area contributed by atoms with Gasteiger partial charge in [-0.2, -0.15) is 5.48 Å². The third kappa shape index (κ3) is 3.81. The Labute approximate surface area is 174 Å². The van der Waals surface area contributed by atoms with Crippen molar-refractivity contribution in [2.75, 3.05) is 12.6 Å². The van der Waals surface area contributed by atoms with Gasteiger partial charge < -0.3 is 9.57 Å². The molecule has 0 amide bonds. The van der Waals surface area contributed by atoms with Crippen LogP contribution in [0.4, 0.5) is 13.9 Å². The summed E-state index contributed by atoms with van der Waals surface area (Å²) in [5, 5.41) is 0.316. The molecule has 1 aromatic heterocycles. The molecule has 5 nitrogen and oxygen atoms in total. The molecule has 4 rings (SSSR count). The van der Waals surface area contributed by atoms with Crippen molar-refractivity contribution in [1.82, 2.24) is 4.98 Å². The SMILES string of the molecule is COc1c(C(=O)ONc2nc3ccc(F)cc3s2)ccc(-c2cccc(F)c2)c1C. The van der Waals surface area contributed by atoms with Crippen LogP contribution < -0.4 is 10.2 Å². The number of anilines is 1. The first-order chi connectivity index (χ1) is 14.5. The summed E-state index contributed by atoms with van der Waals surface area (Å²) < 4.78 is 33.0. The number of hydrogen-bond donors (Lipinski definition) is 1. The summed E-state index contributed by atoms with van der Waals surface area (Å²) in [4.78, 5) is 22.0. The van der Waals surface area contributed by atoms with Crippen LogP contribution in [0.2, 0.25) is 0 Å². The topological polar surface area (TPSA) is 60.5 Å². The fraction of sp³-hybridized carbons (Fsp3) is 0.0909. The number of benzene rings is 3. The first-order valence-corrected chi connectivity index (χ1v) is 9.74. The summed E-state index contributed by atoms with van der Waals surface area (Å²) in [6, 6.07) is 13.7. The van der Waals surface area contributed by atoms with Crippen molar-refractivity contribution in [3.63, 3.8) is 0 Å². The lowest BCUT2D eigenvalue weighted by atomic mass is 9.97. The molecule has 8 heteroatoms. The van der Waals surface area contributed by atoms with Gasteiger partial charge in [0.25, 0.3) is 0 Å². The lowest BCUT2D eigenvalue weighted by molar-refractivity contribution is 0.0592. The molecule has 152 valence electrons. The minimum Gasteiger partial charge on any atom is -0.496 e. The minimum atomic E-state index is -0.675. The molecule has 0 saturated heterocycles. The maximum atomic E-state index is 13.6. The molecule has 0 aliphatic rings. The molecule has 1 heterocycles. The van der Waals surface area contributed by atoms with Gasteiger partial charge in [-0.05, 0) is 60.0 Å². The zero-order valence-corrected chi connectivity index (χ0v) is 16.8. The average molecular weight is 426 g/mol. The highest BCUT2D eigenvalue weighted by Crippen LogP contribution is 2.34. The number of ether oxygens (including phenoxy) is 1. The Kier molecular flexibility index (Phi) is 5.33. The smallest absolute Gasteiger partial charge is 0.366 e.